The van der Waals surface area contributed by atoms with E-state index in [9.17, 15) is 0 Å². The molecule has 2 N–H and O–H groups in total. The Morgan fingerprint density at radius 2 is 1.56 bits per heavy atom. The molecule has 0 bridgehead atoms. The van der Waals surface area contributed by atoms with E-state index in [1.54, 1.807) is 12.1 Å². The van der Waals surface area contributed by atoms with Gasteiger partial charge in [-0.15, -0.1) is 0 Å². The number of hydrogen-bond acceptors (Lipinski definition) is 3. The van der Waals surface area contributed by atoms with Crippen molar-refractivity contribution in [2.24, 2.45) is 4.99 Å². The van der Waals surface area contributed by atoms with Crippen LogP contribution in [0.25, 0.3) is 0 Å². The molecule has 2 rings (SSSR count). The van der Waals surface area contributed by atoms with E-state index >= 15 is 0 Å². The van der Waals surface area contributed by atoms with E-state index in [2.05, 4.69) is 4.99 Å². The lowest BCUT2D eigenvalue weighted by Gasteiger charge is -2.05. The minimum atomic E-state index is 0.729. The summed E-state index contributed by atoms with van der Waals surface area (Å²) in [6, 6.07) is 15.1. The molecule has 0 aliphatic carbocycles. The highest BCUT2D eigenvalue weighted by Crippen LogP contribution is 2.23. The van der Waals surface area contributed by atoms with E-state index in [0.29, 0.717) is 0 Å². The molecule has 4 nitrogen and oxygen atoms in total. The fraction of sp³-hybridized carbons (Fsp3) is 0.0714. The highest BCUT2D eigenvalue weighted by Gasteiger charge is 1.97. The number of aliphatic imine (C=N–C) groups is 1. The van der Waals surface area contributed by atoms with E-state index in [1.165, 1.54) is 11.9 Å². The summed E-state index contributed by atoms with van der Waals surface area (Å²) < 4.78 is 5.68. The highest BCUT2D eigenvalue weighted by molar-refractivity contribution is 5.60. The summed E-state index contributed by atoms with van der Waals surface area (Å²) in [5.74, 6) is 1.55. The van der Waals surface area contributed by atoms with E-state index in [0.717, 1.165) is 17.2 Å². The Labute approximate surface area is 106 Å². The zero-order valence-corrected chi connectivity index (χ0v) is 10.00. The van der Waals surface area contributed by atoms with Crippen LogP contribution >= 0.6 is 0 Å². The number of nitrogens with one attached hydrogen (secondary N) is 1. The van der Waals surface area contributed by atoms with Crippen molar-refractivity contribution in [3.8, 4) is 11.5 Å². The molecule has 0 heterocycles. The third-order valence-corrected chi connectivity index (χ3v) is 2.36. The van der Waals surface area contributed by atoms with Crippen LogP contribution in [-0.2, 0) is 0 Å². The Balaban J connectivity index is 2.06. The summed E-state index contributed by atoms with van der Waals surface area (Å²) >= 11 is 0. The average molecular weight is 242 g/mol. The van der Waals surface area contributed by atoms with E-state index in [-0.39, 0.29) is 0 Å². The van der Waals surface area contributed by atoms with Crippen LogP contribution in [0.5, 0.6) is 11.5 Å². The van der Waals surface area contributed by atoms with Crippen LogP contribution in [0.15, 0.2) is 53.5 Å². The van der Waals surface area contributed by atoms with Crippen molar-refractivity contribution in [3.63, 3.8) is 0 Å². The van der Waals surface area contributed by atoms with Crippen LogP contribution in [0.2, 0.25) is 0 Å². The molecule has 0 unspecified atom stereocenters. The second-order valence-electron chi connectivity index (χ2n) is 3.80. The molecule has 0 aliphatic heterocycles. The third kappa shape index (κ3) is 3.33. The molecule has 0 atom stereocenters. The molecule has 0 saturated carbocycles. The topological polar surface area (TPSA) is 53.8 Å². The molecule has 0 aliphatic rings. The Morgan fingerprint density at radius 3 is 2.11 bits per heavy atom. The van der Waals surface area contributed by atoms with Gasteiger partial charge in [-0.1, -0.05) is 17.7 Å². The van der Waals surface area contributed by atoms with E-state index < -0.39 is 0 Å². The summed E-state index contributed by atoms with van der Waals surface area (Å²) in [5.41, 5.74) is 3.78. The third-order valence-electron chi connectivity index (χ3n) is 2.36. The summed E-state index contributed by atoms with van der Waals surface area (Å²) in [6.07, 6.45) is 1.20. The van der Waals surface area contributed by atoms with Crippen molar-refractivity contribution in [1.29, 1.82) is 0 Å². The van der Waals surface area contributed by atoms with Gasteiger partial charge < -0.3 is 4.74 Å². The number of ether oxygens (including phenoxy) is 1. The van der Waals surface area contributed by atoms with Gasteiger partial charge >= 0.3 is 0 Å². The van der Waals surface area contributed by atoms with Crippen LogP contribution < -0.4 is 10.2 Å². The largest absolute Gasteiger partial charge is 0.457 e. The summed E-state index contributed by atoms with van der Waals surface area (Å²) in [7, 11) is 0. The maximum atomic E-state index is 8.38. The molecule has 2 aromatic carbocycles. The molecule has 18 heavy (non-hydrogen) atoms. The number of aryl methyl sites for hydroxylation is 1. The second kappa shape index (κ2) is 5.84. The molecule has 0 saturated heterocycles. The van der Waals surface area contributed by atoms with Crippen LogP contribution in [0.1, 0.15) is 5.56 Å². The van der Waals surface area contributed by atoms with Crippen LogP contribution in [-0.4, -0.2) is 11.5 Å². The summed E-state index contributed by atoms with van der Waals surface area (Å²) in [5, 5.41) is 8.38. The minimum absolute atomic E-state index is 0.729. The lowest BCUT2D eigenvalue weighted by atomic mass is 10.2. The molecule has 0 amide bonds. The van der Waals surface area contributed by atoms with Crippen molar-refractivity contribution in [2.45, 2.75) is 6.92 Å². The van der Waals surface area contributed by atoms with Gasteiger partial charge in [0.2, 0.25) is 0 Å². The quantitative estimate of drug-likeness (QED) is 0.490. The number of nitrogens with zero attached hydrogens (tertiary/aromatic N) is 1. The van der Waals surface area contributed by atoms with E-state index in [4.69, 9.17) is 9.94 Å². The molecule has 0 radical (unpaired) electrons. The molecule has 0 fully saturated rings. The highest BCUT2D eigenvalue weighted by atomic mass is 16.5. The van der Waals surface area contributed by atoms with Gasteiger partial charge in [-0.25, -0.2) is 4.99 Å². The predicted octanol–water partition coefficient (Wildman–Crippen LogP) is 3.43. The van der Waals surface area contributed by atoms with Crippen LogP contribution in [0.4, 0.5) is 5.69 Å². The first-order chi connectivity index (χ1) is 8.78. The van der Waals surface area contributed by atoms with Crippen molar-refractivity contribution in [1.82, 2.24) is 5.48 Å². The van der Waals surface area contributed by atoms with Gasteiger partial charge in [0, 0.05) is 0 Å². The molecule has 0 spiro atoms. The molecule has 92 valence electrons. The Hall–Kier alpha value is -2.33. The van der Waals surface area contributed by atoms with E-state index in [1.807, 2.05) is 48.8 Å². The lowest BCUT2D eigenvalue weighted by molar-refractivity contribution is 0.240. The van der Waals surface area contributed by atoms with Gasteiger partial charge in [-0.2, -0.15) is 0 Å². The Bertz CT molecular complexity index is 518. The maximum absolute atomic E-state index is 8.38. The monoisotopic (exact) mass is 242 g/mol. The zero-order valence-electron chi connectivity index (χ0n) is 10.00. The van der Waals surface area contributed by atoms with Gasteiger partial charge in [-0.3, -0.25) is 10.7 Å². The second-order valence-corrected chi connectivity index (χ2v) is 3.80. The molecular formula is C14H14N2O2. The van der Waals surface area contributed by atoms with Crippen LogP contribution in [0, 0.1) is 6.92 Å². The predicted molar refractivity (Wildman–Crippen MR) is 70.8 cm³/mol. The Morgan fingerprint density at radius 1 is 1.00 bits per heavy atom. The zero-order chi connectivity index (χ0) is 12.8. The number of rotatable bonds is 4. The smallest absolute Gasteiger partial charge is 0.127 e. The van der Waals surface area contributed by atoms with Crippen LogP contribution in [0.3, 0.4) is 0 Å². The first-order valence-corrected chi connectivity index (χ1v) is 5.55. The first-order valence-electron chi connectivity index (χ1n) is 5.55. The van der Waals surface area contributed by atoms with Gasteiger partial charge in [0.15, 0.2) is 0 Å². The minimum Gasteiger partial charge on any atom is -0.457 e. The fourth-order valence-corrected chi connectivity index (χ4v) is 1.45. The average Bonchev–Trinajstić information content (AvgIpc) is 2.41. The summed E-state index contributed by atoms with van der Waals surface area (Å²) in [6.45, 7) is 2.03. The van der Waals surface area contributed by atoms with Crippen molar-refractivity contribution < 1.29 is 9.94 Å². The fourth-order valence-electron chi connectivity index (χ4n) is 1.45. The first kappa shape index (κ1) is 12.1. The van der Waals surface area contributed by atoms with Gasteiger partial charge in [0.1, 0.15) is 17.8 Å². The molecule has 2 aromatic rings. The molecular weight excluding hydrogens is 228 g/mol. The standard InChI is InChI=1S/C14H14N2O2/c1-11-2-6-13(7-3-11)18-14-8-4-12(5-9-14)15-10-16-17/h2-10,17H,1H3,(H,15,16). The van der Waals surface area contributed by atoms with Crippen molar-refractivity contribution in [2.75, 3.05) is 0 Å². The normalized spacial score (nSPS) is 10.6. The SMILES string of the molecule is Cc1ccc(Oc2ccc(N=CNO)cc2)cc1. The number of hydrogen-bond donors (Lipinski definition) is 2. The lowest BCUT2D eigenvalue weighted by Crippen LogP contribution is -2.00. The molecule has 0 aromatic heterocycles. The van der Waals surface area contributed by atoms with Gasteiger partial charge in [0.25, 0.3) is 0 Å². The Kier molecular flexibility index (Phi) is 3.94. The van der Waals surface area contributed by atoms with Gasteiger partial charge in [0.05, 0.1) is 5.69 Å². The van der Waals surface area contributed by atoms with Crippen molar-refractivity contribution in [3.05, 3.63) is 54.1 Å². The number of benzene rings is 2. The molecule has 4 heteroatoms. The summed E-state index contributed by atoms with van der Waals surface area (Å²) in [4.78, 5) is 3.94. The van der Waals surface area contributed by atoms with Crippen molar-refractivity contribution >= 4 is 12.0 Å². The number of hydroxylamine groups is 1. The maximum Gasteiger partial charge on any atom is 0.127 e. The van der Waals surface area contributed by atoms with Gasteiger partial charge in [-0.05, 0) is 43.3 Å².